The molecule has 0 fully saturated rings. The van der Waals surface area contributed by atoms with Gasteiger partial charge < -0.3 is 22.1 Å². The van der Waals surface area contributed by atoms with Crippen LogP contribution in [0.5, 0.6) is 0 Å². The van der Waals surface area contributed by atoms with Crippen LogP contribution in [0.15, 0.2) is 12.1 Å². The second kappa shape index (κ2) is 9.36. The molecule has 0 aliphatic rings. The summed E-state index contributed by atoms with van der Waals surface area (Å²) in [6, 6.07) is 0.363. The molecule has 0 radical (unpaired) electrons. The van der Waals surface area contributed by atoms with Gasteiger partial charge in [-0.2, -0.15) is 0 Å². The lowest BCUT2D eigenvalue weighted by Gasteiger charge is -2.26. The van der Waals surface area contributed by atoms with E-state index in [1.807, 2.05) is 0 Å². The number of halogens is 3. The Morgan fingerprint density at radius 1 is 1.15 bits per heavy atom. The van der Waals surface area contributed by atoms with E-state index in [4.69, 9.17) is 11.5 Å². The van der Waals surface area contributed by atoms with Crippen LogP contribution >= 0.6 is 0 Å². The van der Waals surface area contributed by atoms with Crippen molar-refractivity contribution >= 4 is 17.7 Å². The maximum Gasteiger partial charge on any atom is 0.243 e. The Kier molecular flexibility index (Phi) is 7.77. The van der Waals surface area contributed by atoms with E-state index in [-0.39, 0.29) is 18.5 Å². The molecule has 0 aliphatic carbocycles. The Bertz CT molecular complexity index is 702. The summed E-state index contributed by atoms with van der Waals surface area (Å²) in [5.74, 6) is -6.60. The monoisotopic (exact) mass is 388 g/mol. The van der Waals surface area contributed by atoms with Gasteiger partial charge >= 0.3 is 0 Å². The molecule has 0 bridgehead atoms. The summed E-state index contributed by atoms with van der Waals surface area (Å²) in [6.45, 7) is 3.06. The van der Waals surface area contributed by atoms with Crippen LogP contribution in [0.4, 0.5) is 13.2 Å². The summed E-state index contributed by atoms with van der Waals surface area (Å²) in [6.07, 6.45) is 0.101. The van der Waals surface area contributed by atoms with Gasteiger partial charge in [0.05, 0.1) is 6.42 Å². The van der Waals surface area contributed by atoms with Crippen LogP contribution in [0.25, 0.3) is 0 Å². The molecule has 3 amide bonds. The molecule has 7 nitrogen and oxygen atoms in total. The van der Waals surface area contributed by atoms with E-state index in [0.717, 1.165) is 0 Å². The Balaban J connectivity index is 2.85. The van der Waals surface area contributed by atoms with Crippen LogP contribution in [0.3, 0.4) is 0 Å². The fourth-order valence-electron chi connectivity index (χ4n) is 2.19. The minimum absolute atomic E-state index is 0.0978. The van der Waals surface area contributed by atoms with Crippen molar-refractivity contribution in [3.05, 3.63) is 35.1 Å². The molecule has 1 aromatic rings. The van der Waals surface area contributed by atoms with E-state index < -0.39 is 53.2 Å². The molecular formula is C17H23F3N4O3. The molecule has 0 aliphatic heterocycles. The standard InChI is InChI=1S/C17H23F3N4O3/c1-17(2,16(22)27)24-15(26)12(4-3-5-21)23-13(25)8-9-6-10(18)14(20)11(19)7-9/h6-7,12H,3-5,8,21H2,1-2H3,(H2,22,27)(H,23,25)(H,24,26)/t12-/m1/s1. The first-order valence-corrected chi connectivity index (χ1v) is 8.22. The number of carbonyl (C=O) groups is 3. The topological polar surface area (TPSA) is 127 Å². The van der Waals surface area contributed by atoms with Gasteiger partial charge in [-0.1, -0.05) is 0 Å². The van der Waals surface area contributed by atoms with Crippen LogP contribution in [-0.2, 0) is 20.8 Å². The lowest BCUT2D eigenvalue weighted by atomic mass is 10.0. The molecule has 0 unspecified atom stereocenters. The van der Waals surface area contributed by atoms with E-state index in [0.29, 0.717) is 18.6 Å². The summed E-state index contributed by atoms with van der Waals surface area (Å²) in [5, 5.41) is 4.84. The third-order valence-corrected chi connectivity index (χ3v) is 3.81. The Morgan fingerprint density at radius 2 is 1.70 bits per heavy atom. The van der Waals surface area contributed by atoms with Crippen LogP contribution in [0, 0.1) is 17.5 Å². The summed E-state index contributed by atoms with van der Waals surface area (Å²) in [4.78, 5) is 35.9. The lowest BCUT2D eigenvalue weighted by Crippen LogP contribution is -2.58. The van der Waals surface area contributed by atoms with Crippen molar-refractivity contribution in [2.45, 2.75) is 44.7 Å². The van der Waals surface area contributed by atoms with Gasteiger partial charge in [0.1, 0.15) is 11.6 Å². The lowest BCUT2D eigenvalue weighted by molar-refractivity contribution is -0.133. The SMILES string of the molecule is CC(C)(NC(=O)[C@@H](CCCN)NC(=O)Cc1cc(F)c(F)c(F)c1)C(N)=O. The van der Waals surface area contributed by atoms with Crippen molar-refractivity contribution in [2.75, 3.05) is 6.54 Å². The molecule has 0 saturated carbocycles. The fourth-order valence-corrected chi connectivity index (χ4v) is 2.19. The van der Waals surface area contributed by atoms with Gasteiger partial charge in [-0.25, -0.2) is 13.2 Å². The largest absolute Gasteiger partial charge is 0.368 e. The molecule has 6 N–H and O–H groups in total. The zero-order chi connectivity index (χ0) is 20.8. The number of nitrogens with two attached hydrogens (primary N) is 2. The van der Waals surface area contributed by atoms with Crippen LogP contribution < -0.4 is 22.1 Å². The highest BCUT2D eigenvalue weighted by Crippen LogP contribution is 2.14. The molecule has 0 saturated heterocycles. The van der Waals surface area contributed by atoms with Gasteiger partial charge in [0, 0.05) is 0 Å². The molecule has 150 valence electrons. The van der Waals surface area contributed by atoms with Gasteiger partial charge in [0.25, 0.3) is 0 Å². The number of amides is 3. The highest BCUT2D eigenvalue weighted by atomic mass is 19.2. The van der Waals surface area contributed by atoms with Gasteiger partial charge in [-0.05, 0) is 50.9 Å². The molecule has 0 spiro atoms. The highest BCUT2D eigenvalue weighted by Gasteiger charge is 2.30. The fraction of sp³-hybridized carbons (Fsp3) is 0.471. The smallest absolute Gasteiger partial charge is 0.243 e. The Morgan fingerprint density at radius 3 is 2.19 bits per heavy atom. The van der Waals surface area contributed by atoms with Gasteiger partial charge in [0.15, 0.2) is 17.5 Å². The van der Waals surface area contributed by atoms with E-state index in [1.165, 1.54) is 13.8 Å². The van der Waals surface area contributed by atoms with E-state index in [9.17, 15) is 27.6 Å². The summed E-state index contributed by atoms with van der Waals surface area (Å²) in [5.41, 5.74) is 9.18. The van der Waals surface area contributed by atoms with E-state index >= 15 is 0 Å². The molecule has 1 aromatic carbocycles. The Hall–Kier alpha value is -2.62. The predicted octanol–water partition coefficient (Wildman–Crippen LogP) is 0.250. The number of hydrogen-bond acceptors (Lipinski definition) is 4. The van der Waals surface area contributed by atoms with Crippen LogP contribution in [0.1, 0.15) is 32.3 Å². The molecule has 10 heteroatoms. The second-order valence-corrected chi connectivity index (χ2v) is 6.58. The van der Waals surface area contributed by atoms with Crippen molar-refractivity contribution in [1.29, 1.82) is 0 Å². The Labute approximate surface area is 154 Å². The third-order valence-electron chi connectivity index (χ3n) is 3.81. The normalized spacial score (nSPS) is 12.4. The van der Waals surface area contributed by atoms with Gasteiger partial charge in [-0.15, -0.1) is 0 Å². The van der Waals surface area contributed by atoms with Crippen molar-refractivity contribution in [3.8, 4) is 0 Å². The highest BCUT2D eigenvalue weighted by molar-refractivity contribution is 5.93. The second-order valence-electron chi connectivity index (χ2n) is 6.58. The zero-order valence-electron chi connectivity index (χ0n) is 15.1. The average Bonchev–Trinajstić information content (AvgIpc) is 2.55. The van der Waals surface area contributed by atoms with Crippen molar-refractivity contribution in [2.24, 2.45) is 11.5 Å². The number of hydrogen-bond donors (Lipinski definition) is 4. The van der Waals surface area contributed by atoms with Gasteiger partial charge in [0.2, 0.25) is 17.7 Å². The molecule has 1 atom stereocenters. The molecule has 1 rings (SSSR count). The first-order valence-electron chi connectivity index (χ1n) is 8.22. The molecular weight excluding hydrogens is 365 g/mol. The zero-order valence-corrected chi connectivity index (χ0v) is 15.1. The first kappa shape index (κ1) is 22.4. The summed E-state index contributed by atoms with van der Waals surface area (Å²) >= 11 is 0. The predicted molar refractivity (Wildman–Crippen MR) is 91.7 cm³/mol. The minimum Gasteiger partial charge on any atom is -0.368 e. The quantitative estimate of drug-likeness (QED) is 0.452. The van der Waals surface area contributed by atoms with Crippen LogP contribution in [0.2, 0.25) is 0 Å². The van der Waals surface area contributed by atoms with Crippen LogP contribution in [-0.4, -0.2) is 35.8 Å². The van der Waals surface area contributed by atoms with Gasteiger partial charge in [-0.3, -0.25) is 14.4 Å². The summed E-state index contributed by atoms with van der Waals surface area (Å²) < 4.78 is 39.5. The maximum absolute atomic E-state index is 13.2. The molecule has 0 heterocycles. The van der Waals surface area contributed by atoms with E-state index in [2.05, 4.69) is 10.6 Å². The molecule has 0 aromatic heterocycles. The summed E-state index contributed by atoms with van der Waals surface area (Å²) in [7, 11) is 0. The minimum atomic E-state index is -1.63. The average molecular weight is 388 g/mol. The maximum atomic E-state index is 13.2. The number of carbonyl (C=O) groups excluding carboxylic acids is 3. The molecule has 27 heavy (non-hydrogen) atoms. The van der Waals surface area contributed by atoms with Crippen molar-refractivity contribution in [1.82, 2.24) is 10.6 Å². The van der Waals surface area contributed by atoms with Crippen molar-refractivity contribution < 1.29 is 27.6 Å². The third kappa shape index (κ3) is 6.55. The number of benzene rings is 1. The number of nitrogens with one attached hydrogen (secondary N) is 2. The van der Waals surface area contributed by atoms with E-state index in [1.54, 1.807) is 0 Å². The number of primary amides is 1. The van der Waals surface area contributed by atoms with Crippen molar-refractivity contribution in [3.63, 3.8) is 0 Å². The number of rotatable bonds is 9. The first-order chi connectivity index (χ1) is 12.5.